The number of rotatable bonds is 6. The molecule has 6 heterocycles. The molecule has 7 atom stereocenters. The molecule has 0 aliphatic carbocycles. The standard InChI is InChI=1S/C16H28N3S.C16H24N3S.ClHO4.Co/c2*1-20-12-10-15(13-6-2-4-8-17-13)19-16(11-12)14-7-3-5-9-18-14;2-1(3,4)5;/h12-16H,2-11H2,1H3;10-11,13-15H,2-9H2,1H3;(H,2,3,4,5);/q2*-3;;+2/p-1. The summed E-state index contributed by atoms with van der Waals surface area (Å²) >= 11 is 3.86. The molecule has 0 aromatic rings. The molecule has 46 heavy (non-hydrogen) atoms. The van der Waals surface area contributed by atoms with Crippen molar-refractivity contribution in [2.45, 2.75) is 137 Å². The molecule has 5 saturated heterocycles. The van der Waals surface area contributed by atoms with E-state index in [1.807, 2.05) is 23.5 Å². The molecule has 0 spiro atoms. The van der Waals surface area contributed by atoms with Gasteiger partial charge in [0.25, 0.3) is 0 Å². The first-order valence-electron chi connectivity index (χ1n) is 16.9. The van der Waals surface area contributed by atoms with Crippen molar-refractivity contribution in [3.63, 3.8) is 0 Å². The van der Waals surface area contributed by atoms with Crippen molar-refractivity contribution in [1.29, 1.82) is 0 Å². The van der Waals surface area contributed by atoms with Gasteiger partial charge in [-0.15, -0.1) is 66.3 Å². The van der Waals surface area contributed by atoms with Crippen molar-refractivity contribution in [2.75, 3.05) is 38.7 Å². The molecule has 0 saturated carbocycles. The van der Waals surface area contributed by atoms with Crippen LogP contribution >= 0.6 is 23.5 Å². The summed E-state index contributed by atoms with van der Waals surface area (Å²) in [4.78, 5) is 1.35. The van der Waals surface area contributed by atoms with Crippen LogP contribution in [-0.2, 0) is 16.8 Å². The quantitative estimate of drug-likeness (QED) is 0.389. The monoisotopic (exact) mass is 742 g/mol. The maximum atomic E-state index is 8.49. The summed E-state index contributed by atoms with van der Waals surface area (Å²) in [5, 5.41) is 30.3. The van der Waals surface area contributed by atoms with Crippen LogP contribution in [0.2, 0.25) is 0 Å². The second-order valence-corrected chi connectivity index (χ2v) is 15.6. The molecule has 0 N–H and O–H groups in total. The summed E-state index contributed by atoms with van der Waals surface area (Å²) in [6.07, 6.45) is 26.8. The summed E-state index contributed by atoms with van der Waals surface area (Å²) in [7, 11) is -4.94. The Morgan fingerprint density at radius 1 is 0.652 bits per heavy atom. The number of piperidine rings is 5. The van der Waals surface area contributed by atoms with Gasteiger partial charge in [-0.1, -0.05) is 102 Å². The summed E-state index contributed by atoms with van der Waals surface area (Å²) in [6, 6.07) is 3.01. The zero-order valence-electron chi connectivity index (χ0n) is 27.3. The number of allylic oxidation sites excluding steroid dienone is 1. The first-order chi connectivity index (χ1) is 21.7. The second kappa shape index (κ2) is 21.6. The van der Waals surface area contributed by atoms with Gasteiger partial charge in [-0.25, -0.2) is 18.6 Å². The first kappa shape index (κ1) is 40.8. The van der Waals surface area contributed by atoms with Gasteiger partial charge in [-0.2, -0.15) is 41.6 Å². The third kappa shape index (κ3) is 14.3. The van der Waals surface area contributed by atoms with Crippen LogP contribution in [0.25, 0.3) is 31.9 Å². The molecule has 267 valence electrons. The molecule has 0 amide bonds. The molecule has 6 rings (SSSR count). The first-order valence-corrected chi connectivity index (χ1v) is 20.7. The van der Waals surface area contributed by atoms with Gasteiger partial charge in [0, 0.05) is 10.2 Å². The van der Waals surface area contributed by atoms with E-state index in [0.29, 0.717) is 36.3 Å². The normalized spacial score (nSPS) is 35.3. The third-order valence-corrected chi connectivity index (χ3v) is 11.3. The molecule has 0 bridgehead atoms. The zero-order valence-corrected chi connectivity index (χ0v) is 30.8. The number of hydrogen-bond donors (Lipinski definition) is 0. The van der Waals surface area contributed by atoms with E-state index in [2.05, 4.69) is 24.7 Å². The smallest absolute Gasteiger partial charge is 0.684 e. The fourth-order valence-corrected chi connectivity index (χ4v) is 8.49. The summed E-state index contributed by atoms with van der Waals surface area (Å²) in [6.45, 7) is 4.17. The molecule has 10 nitrogen and oxygen atoms in total. The van der Waals surface area contributed by atoms with E-state index in [1.165, 1.54) is 100 Å². The molecule has 0 aromatic heterocycles. The van der Waals surface area contributed by atoms with Crippen molar-refractivity contribution in [1.82, 2.24) is 0 Å². The maximum Gasteiger partial charge on any atom is 2.00 e. The van der Waals surface area contributed by atoms with E-state index < -0.39 is 10.2 Å². The number of halogens is 1. The topological polar surface area (TPSA) is 177 Å². The predicted octanol–water partition coefficient (Wildman–Crippen LogP) is 4.44. The van der Waals surface area contributed by atoms with Crippen molar-refractivity contribution in [3.8, 4) is 0 Å². The SMILES string of the molecule is CSC1=CC(C2CCCC[N-]2)[N-]C(C2CCCC[N-]2)=C1.CSC1CC(C2CCCC[N-]2)[N-]C(C2CCCC[N-]2)C1.[Co+2].[O-][Cl+3]([O-])([O-])[O-]. The van der Waals surface area contributed by atoms with Crippen LogP contribution in [0.4, 0.5) is 0 Å². The average molecular weight is 743 g/mol. The van der Waals surface area contributed by atoms with Gasteiger partial charge in [0.05, 0.1) is 0 Å². The number of thioether (sulfide) groups is 2. The van der Waals surface area contributed by atoms with Gasteiger partial charge < -0.3 is 31.9 Å². The van der Waals surface area contributed by atoms with Gasteiger partial charge in [0.15, 0.2) is 0 Å². The number of nitrogens with zero attached hydrogens (tertiary/aromatic N) is 6. The number of hydrogen-bond acceptors (Lipinski definition) is 6. The van der Waals surface area contributed by atoms with Crippen LogP contribution in [0.5, 0.6) is 0 Å². The predicted molar refractivity (Wildman–Crippen MR) is 178 cm³/mol. The van der Waals surface area contributed by atoms with Gasteiger partial charge >= 0.3 is 16.8 Å². The fraction of sp³-hybridized carbons (Fsp3) is 0.875. The molecule has 6 aliphatic rings. The Balaban J connectivity index is 0.000000215. The average Bonchev–Trinajstić information content (AvgIpc) is 3.09. The van der Waals surface area contributed by atoms with Gasteiger partial charge in [0.1, 0.15) is 0 Å². The van der Waals surface area contributed by atoms with E-state index in [9.17, 15) is 0 Å². The Morgan fingerprint density at radius 2 is 1.13 bits per heavy atom. The molecule has 7 unspecified atom stereocenters. The van der Waals surface area contributed by atoms with E-state index in [-0.39, 0.29) is 22.8 Å². The largest absolute Gasteiger partial charge is 2.00 e. The van der Waals surface area contributed by atoms with E-state index in [4.69, 9.17) is 50.5 Å². The van der Waals surface area contributed by atoms with Crippen LogP contribution in [-0.4, -0.2) is 86.2 Å². The van der Waals surface area contributed by atoms with Gasteiger partial charge in [-0.05, 0) is 12.5 Å². The van der Waals surface area contributed by atoms with E-state index >= 15 is 0 Å². The molecule has 6 aliphatic heterocycles. The van der Waals surface area contributed by atoms with Crippen molar-refractivity contribution in [2.24, 2.45) is 0 Å². The Kier molecular flexibility index (Phi) is 19.2. The van der Waals surface area contributed by atoms with Crippen LogP contribution < -0.4 is 18.6 Å². The van der Waals surface area contributed by atoms with Crippen molar-refractivity contribution >= 4 is 23.5 Å². The maximum absolute atomic E-state index is 8.49. The zero-order chi connectivity index (χ0) is 32.1. The second-order valence-electron chi connectivity index (χ2n) is 12.8. The Morgan fingerprint density at radius 3 is 1.54 bits per heavy atom. The van der Waals surface area contributed by atoms with Gasteiger partial charge in [-0.3, -0.25) is 0 Å². The van der Waals surface area contributed by atoms with Crippen LogP contribution in [0.3, 0.4) is 0 Å². The summed E-state index contributed by atoms with van der Waals surface area (Å²) < 4.78 is 34.0. The van der Waals surface area contributed by atoms with Crippen LogP contribution in [0.15, 0.2) is 22.8 Å². The van der Waals surface area contributed by atoms with Gasteiger partial charge in [0.2, 0.25) is 0 Å². The van der Waals surface area contributed by atoms with E-state index in [0.717, 1.165) is 31.4 Å². The van der Waals surface area contributed by atoms with Crippen molar-refractivity contribution < 1.29 is 45.7 Å². The van der Waals surface area contributed by atoms with Crippen LogP contribution in [0.1, 0.15) is 89.9 Å². The van der Waals surface area contributed by atoms with Crippen LogP contribution in [0, 0.1) is 10.2 Å². The Labute approximate surface area is 298 Å². The third-order valence-electron chi connectivity index (χ3n) is 9.56. The summed E-state index contributed by atoms with van der Waals surface area (Å²) in [5.41, 5.74) is 1.21. The Bertz CT molecular complexity index is 880. The molecule has 0 aromatic carbocycles. The fourth-order valence-electron chi connectivity index (χ4n) is 7.20. The molecular formula is C32H52ClCoN6O4S2-5. The molecule has 14 heteroatoms. The molecular weight excluding hydrogens is 691 g/mol. The molecule has 1 radical (unpaired) electrons. The molecule has 5 fully saturated rings. The summed E-state index contributed by atoms with van der Waals surface area (Å²) in [5.74, 6) is 0. The minimum Gasteiger partial charge on any atom is -0.684 e. The minimum atomic E-state index is -4.94. The minimum absolute atomic E-state index is 0. The van der Waals surface area contributed by atoms with E-state index in [1.54, 1.807) is 0 Å². The Hall–Kier alpha value is 0.416. The van der Waals surface area contributed by atoms with Crippen molar-refractivity contribution in [3.05, 3.63) is 54.7 Å².